The van der Waals surface area contributed by atoms with Crippen molar-refractivity contribution in [2.75, 3.05) is 20.1 Å². The molecule has 0 atom stereocenters. The van der Waals surface area contributed by atoms with Crippen molar-refractivity contribution >= 4 is 41.3 Å². The number of aryl methyl sites for hydroxylation is 1. The molecule has 1 aromatic heterocycles. The van der Waals surface area contributed by atoms with Gasteiger partial charge in [0.25, 0.3) is 0 Å². The lowest BCUT2D eigenvalue weighted by atomic mass is 10.2. The Hall–Kier alpha value is -0.370. The third-order valence-electron chi connectivity index (χ3n) is 2.60. The number of hydrogen-bond donors (Lipinski definition) is 2. The maximum atomic E-state index is 4.34. The van der Waals surface area contributed by atoms with Gasteiger partial charge in [0.2, 0.25) is 0 Å². The SMILES string of the molecule is CCCCCNC(=NC)NCCc1ncc(C)s1.I. The van der Waals surface area contributed by atoms with Crippen molar-refractivity contribution in [3.8, 4) is 0 Å². The Balaban J connectivity index is 0.00000324. The van der Waals surface area contributed by atoms with Crippen molar-refractivity contribution in [3.63, 3.8) is 0 Å². The lowest BCUT2D eigenvalue weighted by Crippen LogP contribution is -2.38. The van der Waals surface area contributed by atoms with E-state index in [2.05, 4.69) is 34.5 Å². The second-order valence-electron chi connectivity index (χ2n) is 4.25. The van der Waals surface area contributed by atoms with Crippen LogP contribution < -0.4 is 10.6 Å². The van der Waals surface area contributed by atoms with Crippen LogP contribution in [0.25, 0.3) is 0 Å². The van der Waals surface area contributed by atoms with Crippen LogP contribution in [0.1, 0.15) is 36.1 Å². The number of guanidine groups is 1. The van der Waals surface area contributed by atoms with E-state index in [0.29, 0.717) is 0 Å². The summed E-state index contributed by atoms with van der Waals surface area (Å²) in [6.45, 7) is 6.16. The topological polar surface area (TPSA) is 49.3 Å². The molecule has 0 spiro atoms. The van der Waals surface area contributed by atoms with Crippen molar-refractivity contribution in [1.82, 2.24) is 15.6 Å². The van der Waals surface area contributed by atoms with E-state index in [1.165, 1.54) is 29.1 Å². The van der Waals surface area contributed by atoms with Crippen molar-refractivity contribution in [1.29, 1.82) is 0 Å². The highest BCUT2D eigenvalue weighted by atomic mass is 127. The number of nitrogens with zero attached hydrogens (tertiary/aromatic N) is 2. The Bertz CT molecular complexity index is 365. The Labute approximate surface area is 137 Å². The van der Waals surface area contributed by atoms with Gasteiger partial charge in [-0.25, -0.2) is 4.98 Å². The standard InChI is InChI=1S/C13H24N4S.HI/c1-4-5-6-8-15-13(14-3)16-9-7-12-17-10-11(2)18-12;/h10H,4-9H2,1-3H3,(H2,14,15,16);1H. The lowest BCUT2D eigenvalue weighted by Gasteiger charge is -2.10. The van der Waals surface area contributed by atoms with Gasteiger partial charge in [0.1, 0.15) is 0 Å². The monoisotopic (exact) mass is 396 g/mol. The van der Waals surface area contributed by atoms with Crippen molar-refractivity contribution in [2.45, 2.75) is 39.5 Å². The highest BCUT2D eigenvalue weighted by molar-refractivity contribution is 14.0. The van der Waals surface area contributed by atoms with Crippen LogP contribution in [0.3, 0.4) is 0 Å². The van der Waals surface area contributed by atoms with Gasteiger partial charge in [-0.2, -0.15) is 0 Å². The quantitative estimate of drug-likeness (QED) is 0.323. The predicted octanol–water partition coefficient (Wildman–Crippen LogP) is 2.97. The molecular formula is C13H25IN4S. The van der Waals surface area contributed by atoms with E-state index in [4.69, 9.17) is 0 Å². The van der Waals surface area contributed by atoms with E-state index in [-0.39, 0.29) is 24.0 Å². The molecule has 2 N–H and O–H groups in total. The zero-order valence-electron chi connectivity index (χ0n) is 12.0. The third-order valence-corrected chi connectivity index (χ3v) is 3.57. The molecule has 0 amide bonds. The first kappa shape index (κ1) is 18.6. The minimum Gasteiger partial charge on any atom is -0.356 e. The molecule has 4 nitrogen and oxygen atoms in total. The molecular weight excluding hydrogens is 371 g/mol. The molecule has 0 aromatic carbocycles. The molecule has 6 heteroatoms. The largest absolute Gasteiger partial charge is 0.356 e. The first-order valence-electron chi connectivity index (χ1n) is 6.62. The normalized spacial score (nSPS) is 11.0. The molecule has 0 saturated carbocycles. The van der Waals surface area contributed by atoms with Crippen LogP contribution in [0.4, 0.5) is 0 Å². The fraction of sp³-hybridized carbons (Fsp3) is 0.692. The second kappa shape index (κ2) is 11.5. The van der Waals surface area contributed by atoms with Crippen LogP contribution >= 0.6 is 35.3 Å². The number of aliphatic imine (C=N–C) groups is 1. The van der Waals surface area contributed by atoms with Crippen LogP contribution in [-0.2, 0) is 6.42 Å². The van der Waals surface area contributed by atoms with Crippen molar-refractivity contribution in [2.24, 2.45) is 4.99 Å². The number of thiazole rings is 1. The minimum atomic E-state index is 0. The Kier molecular flexibility index (Phi) is 11.2. The zero-order valence-corrected chi connectivity index (χ0v) is 15.2. The lowest BCUT2D eigenvalue weighted by molar-refractivity contribution is 0.682. The highest BCUT2D eigenvalue weighted by Gasteiger charge is 2.00. The summed E-state index contributed by atoms with van der Waals surface area (Å²) in [5, 5.41) is 7.81. The molecule has 1 rings (SSSR count). The average molecular weight is 396 g/mol. The molecule has 19 heavy (non-hydrogen) atoms. The molecule has 1 heterocycles. The number of hydrogen-bond acceptors (Lipinski definition) is 3. The number of rotatable bonds is 7. The predicted molar refractivity (Wildman–Crippen MR) is 94.9 cm³/mol. The van der Waals surface area contributed by atoms with Gasteiger partial charge in [-0.15, -0.1) is 35.3 Å². The summed E-state index contributed by atoms with van der Waals surface area (Å²) in [7, 11) is 1.81. The van der Waals surface area contributed by atoms with E-state index in [1.807, 2.05) is 13.2 Å². The number of halogens is 1. The Morgan fingerprint density at radius 3 is 2.63 bits per heavy atom. The van der Waals surface area contributed by atoms with Gasteiger partial charge < -0.3 is 10.6 Å². The van der Waals surface area contributed by atoms with Crippen molar-refractivity contribution < 1.29 is 0 Å². The maximum absolute atomic E-state index is 4.34. The van der Waals surface area contributed by atoms with Crippen LogP contribution in [0.5, 0.6) is 0 Å². The molecule has 1 aromatic rings. The van der Waals surface area contributed by atoms with Crippen LogP contribution in [0, 0.1) is 6.92 Å². The van der Waals surface area contributed by atoms with Gasteiger partial charge in [-0.1, -0.05) is 19.8 Å². The Morgan fingerprint density at radius 1 is 1.32 bits per heavy atom. The summed E-state index contributed by atoms with van der Waals surface area (Å²) >= 11 is 1.76. The fourth-order valence-corrected chi connectivity index (χ4v) is 2.39. The van der Waals surface area contributed by atoms with E-state index < -0.39 is 0 Å². The molecule has 0 aliphatic rings. The van der Waals surface area contributed by atoms with Gasteiger partial charge in [0.15, 0.2) is 5.96 Å². The van der Waals surface area contributed by atoms with Gasteiger partial charge >= 0.3 is 0 Å². The second-order valence-corrected chi connectivity index (χ2v) is 5.57. The Morgan fingerprint density at radius 2 is 2.05 bits per heavy atom. The molecule has 0 unspecified atom stereocenters. The molecule has 0 aliphatic heterocycles. The van der Waals surface area contributed by atoms with Gasteiger partial charge in [-0.3, -0.25) is 4.99 Å². The highest BCUT2D eigenvalue weighted by Crippen LogP contribution is 2.10. The summed E-state index contributed by atoms with van der Waals surface area (Å²) in [6, 6.07) is 0. The molecule has 0 aliphatic carbocycles. The first-order chi connectivity index (χ1) is 8.76. The van der Waals surface area contributed by atoms with E-state index in [1.54, 1.807) is 11.3 Å². The summed E-state index contributed by atoms with van der Waals surface area (Å²) in [4.78, 5) is 9.81. The van der Waals surface area contributed by atoms with Gasteiger partial charge in [0.05, 0.1) is 5.01 Å². The number of aromatic nitrogens is 1. The van der Waals surface area contributed by atoms with Gasteiger partial charge in [0, 0.05) is 37.6 Å². The summed E-state index contributed by atoms with van der Waals surface area (Å²) in [6.07, 6.45) is 6.59. The maximum Gasteiger partial charge on any atom is 0.190 e. The zero-order chi connectivity index (χ0) is 13.2. The van der Waals surface area contributed by atoms with Crippen LogP contribution in [0.15, 0.2) is 11.2 Å². The van der Waals surface area contributed by atoms with E-state index >= 15 is 0 Å². The fourth-order valence-electron chi connectivity index (χ4n) is 1.61. The number of unbranched alkanes of at least 4 members (excludes halogenated alkanes) is 2. The average Bonchev–Trinajstić information content (AvgIpc) is 2.78. The third kappa shape index (κ3) is 8.41. The molecule has 0 bridgehead atoms. The molecule has 110 valence electrons. The van der Waals surface area contributed by atoms with Crippen LogP contribution in [0.2, 0.25) is 0 Å². The smallest absolute Gasteiger partial charge is 0.190 e. The molecule has 0 fully saturated rings. The minimum absolute atomic E-state index is 0. The van der Waals surface area contributed by atoms with Gasteiger partial charge in [-0.05, 0) is 13.3 Å². The van der Waals surface area contributed by atoms with E-state index in [9.17, 15) is 0 Å². The number of nitrogens with one attached hydrogen (secondary N) is 2. The summed E-state index contributed by atoms with van der Waals surface area (Å²) < 4.78 is 0. The summed E-state index contributed by atoms with van der Waals surface area (Å²) in [5.74, 6) is 0.888. The first-order valence-corrected chi connectivity index (χ1v) is 7.43. The van der Waals surface area contributed by atoms with Crippen LogP contribution in [-0.4, -0.2) is 31.1 Å². The van der Waals surface area contributed by atoms with E-state index in [0.717, 1.165) is 25.5 Å². The van der Waals surface area contributed by atoms with Crippen molar-refractivity contribution in [3.05, 3.63) is 16.1 Å². The molecule has 0 saturated heterocycles. The summed E-state index contributed by atoms with van der Waals surface area (Å²) in [5.41, 5.74) is 0. The molecule has 0 radical (unpaired) electrons.